The first-order valence-corrected chi connectivity index (χ1v) is 12.0. The fraction of sp³-hybridized carbons (Fsp3) is 0.167. The van der Waals surface area contributed by atoms with Crippen LogP contribution in [0.15, 0.2) is 82.2 Å². The molecule has 152 valence electrons. The van der Waals surface area contributed by atoms with Gasteiger partial charge in [0.25, 0.3) is 10.0 Å². The Kier molecular flexibility index (Phi) is 4.52. The highest BCUT2D eigenvalue weighted by molar-refractivity contribution is 9.10. The number of fused-ring (bicyclic) bond motifs is 3. The molecule has 1 aromatic heterocycles. The zero-order chi connectivity index (χ0) is 21.0. The van der Waals surface area contributed by atoms with Gasteiger partial charge in [0.05, 0.1) is 4.90 Å². The summed E-state index contributed by atoms with van der Waals surface area (Å²) in [6.45, 7) is 2.35. The number of rotatable bonds is 3. The van der Waals surface area contributed by atoms with Crippen molar-refractivity contribution in [1.82, 2.24) is 4.57 Å². The molecule has 4 nitrogen and oxygen atoms in total. The maximum absolute atomic E-state index is 13.7. The normalized spacial score (nSPS) is 16.2. The average molecular weight is 481 g/mol. The Labute approximate surface area is 184 Å². The van der Waals surface area contributed by atoms with E-state index in [1.165, 1.54) is 0 Å². The van der Waals surface area contributed by atoms with Crippen molar-refractivity contribution in [2.45, 2.75) is 17.7 Å². The van der Waals surface area contributed by atoms with Crippen LogP contribution in [0.4, 0.5) is 5.82 Å². The summed E-state index contributed by atoms with van der Waals surface area (Å²) >= 11 is 3.50. The SMILES string of the molecule is Cc1ccc(S(=O)(=O)N2CC(c3ccc(Br)cc3)c3c2n(C)c2ccccc32)cc1. The van der Waals surface area contributed by atoms with E-state index < -0.39 is 10.0 Å². The molecule has 1 aliphatic heterocycles. The molecule has 30 heavy (non-hydrogen) atoms. The van der Waals surface area contributed by atoms with E-state index in [0.717, 1.165) is 37.9 Å². The fourth-order valence-electron chi connectivity index (χ4n) is 4.41. The molecular formula is C24H21BrN2O2S. The van der Waals surface area contributed by atoms with Crippen molar-refractivity contribution >= 4 is 42.7 Å². The molecule has 2 heterocycles. The van der Waals surface area contributed by atoms with Crippen molar-refractivity contribution in [3.63, 3.8) is 0 Å². The number of aromatic nitrogens is 1. The Morgan fingerprint density at radius 3 is 2.30 bits per heavy atom. The Morgan fingerprint density at radius 1 is 0.933 bits per heavy atom. The lowest BCUT2D eigenvalue weighted by molar-refractivity contribution is 0.590. The van der Waals surface area contributed by atoms with Crippen molar-refractivity contribution in [3.05, 3.63) is 94.0 Å². The van der Waals surface area contributed by atoms with Crippen LogP contribution in [0.25, 0.3) is 10.9 Å². The molecule has 0 radical (unpaired) electrons. The van der Waals surface area contributed by atoms with Gasteiger partial charge < -0.3 is 4.57 Å². The maximum Gasteiger partial charge on any atom is 0.265 e. The van der Waals surface area contributed by atoms with Crippen LogP contribution in [0, 0.1) is 6.92 Å². The number of nitrogens with zero attached hydrogens (tertiary/aromatic N) is 2. The molecule has 0 saturated heterocycles. The second-order valence-electron chi connectivity index (χ2n) is 7.77. The zero-order valence-electron chi connectivity index (χ0n) is 16.7. The molecule has 0 aliphatic carbocycles. The first-order chi connectivity index (χ1) is 14.4. The summed E-state index contributed by atoms with van der Waals surface area (Å²) in [6, 6.07) is 23.4. The lowest BCUT2D eigenvalue weighted by Crippen LogP contribution is -2.31. The molecular weight excluding hydrogens is 460 g/mol. The summed E-state index contributed by atoms with van der Waals surface area (Å²) in [7, 11) is -1.74. The predicted octanol–water partition coefficient (Wildman–Crippen LogP) is 5.59. The van der Waals surface area contributed by atoms with Crippen LogP contribution >= 0.6 is 15.9 Å². The van der Waals surface area contributed by atoms with Gasteiger partial charge in [-0.1, -0.05) is 64.0 Å². The largest absolute Gasteiger partial charge is 0.330 e. The number of para-hydroxylation sites is 1. The van der Waals surface area contributed by atoms with Gasteiger partial charge in [-0.05, 0) is 42.8 Å². The Balaban J connectivity index is 1.74. The molecule has 0 N–H and O–H groups in total. The smallest absolute Gasteiger partial charge is 0.265 e. The van der Waals surface area contributed by atoms with Gasteiger partial charge in [-0.25, -0.2) is 8.42 Å². The Morgan fingerprint density at radius 2 is 1.60 bits per heavy atom. The van der Waals surface area contributed by atoms with Crippen molar-refractivity contribution in [1.29, 1.82) is 0 Å². The maximum atomic E-state index is 13.7. The van der Waals surface area contributed by atoms with E-state index in [0.29, 0.717) is 11.4 Å². The second-order valence-corrected chi connectivity index (χ2v) is 10.5. The molecule has 1 aliphatic rings. The van der Waals surface area contributed by atoms with Crippen LogP contribution in [-0.2, 0) is 17.1 Å². The third kappa shape index (κ3) is 2.89. The van der Waals surface area contributed by atoms with Crippen molar-refractivity contribution in [2.24, 2.45) is 7.05 Å². The highest BCUT2D eigenvalue weighted by atomic mass is 79.9. The number of halogens is 1. The molecule has 0 bridgehead atoms. The lowest BCUT2D eigenvalue weighted by Gasteiger charge is -2.22. The van der Waals surface area contributed by atoms with Crippen LogP contribution in [0.3, 0.4) is 0 Å². The van der Waals surface area contributed by atoms with Gasteiger partial charge in [0.15, 0.2) is 0 Å². The lowest BCUT2D eigenvalue weighted by atomic mass is 9.93. The van der Waals surface area contributed by atoms with E-state index in [2.05, 4.69) is 34.1 Å². The number of aryl methyl sites for hydroxylation is 2. The summed E-state index contributed by atoms with van der Waals surface area (Å²) in [5.41, 5.74) is 4.25. The molecule has 0 amide bonds. The minimum atomic E-state index is -3.68. The number of hydrogen-bond donors (Lipinski definition) is 0. The van der Waals surface area contributed by atoms with E-state index >= 15 is 0 Å². The van der Waals surface area contributed by atoms with Gasteiger partial charge in [0.1, 0.15) is 5.82 Å². The monoisotopic (exact) mass is 480 g/mol. The van der Waals surface area contributed by atoms with Crippen molar-refractivity contribution < 1.29 is 8.42 Å². The van der Waals surface area contributed by atoms with E-state index in [1.54, 1.807) is 16.4 Å². The van der Waals surface area contributed by atoms with Gasteiger partial charge >= 0.3 is 0 Å². The number of sulfonamides is 1. The Hall–Kier alpha value is -2.57. The van der Waals surface area contributed by atoms with Gasteiger partial charge in [0, 0.05) is 40.4 Å². The quantitative estimate of drug-likeness (QED) is 0.383. The molecule has 1 unspecified atom stereocenters. The van der Waals surface area contributed by atoms with E-state index in [9.17, 15) is 8.42 Å². The molecule has 4 aromatic rings. The second kappa shape index (κ2) is 7.00. The molecule has 5 rings (SSSR count). The van der Waals surface area contributed by atoms with Crippen LogP contribution in [0.5, 0.6) is 0 Å². The summed E-state index contributed by atoms with van der Waals surface area (Å²) < 4.78 is 31.9. The van der Waals surface area contributed by atoms with Gasteiger partial charge in [0.2, 0.25) is 0 Å². The molecule has 6 heteroatoms. The third-order valence-electron chi connectivity index (χ3n) is 5.93. The third-order valence-corrected chi connectivity index (χ3v) is 8.23. The van der Waals surface area contributed by atoms with Crippen LogP contribution in [0.2, 0.25) is 0 Å². The average Bonchev–Trinajstić information content (AvgIpc) is 3.27. The summed E-state index contributed by atoms with van der Waals surface area (Å²) in [4.78, 5) is 0.320. The topological polar surface area (TPSA) is 42.3 Å². The molecule has 1 atom stereocenters. The number of hydrogen-bond acceptors (Lipinski definition) is 2. The minimum Gasteiger partial charge on any atom is -0.330 e. The van der Waals surface area contributed by atoms with E-state index in [1.807, 2.05) is 61.0 Å². The van der Waals surface area contributed by atoms with E-state index in [-0.39, 0.29) is 5.92 Å². The van der Waals surface area contributed by atoms with Crippen molar-refractivity contribution in [3.8, 4) is 0 Å². The Bertz CT molecular complexity index is 1360. The van der Waals surface area contributed by atoms with Crippen LogP contribution in [0.1, 0.15) is 22.6 Å². The van der Waals surface area contributed by atoms with Crippen LogP contribution in [-0.4, -0.2) is 19.5 Å². The number of anilines is 1. The fourth-order valence-corrected chi connectivity index (χ4v) is 6.21. The molecule has 3 aromatic carbocycles. The summed E-state index contributed by atoms with van der Waals surface area (Å²) in [5.74, 6) is 0.726. The van der Waals surface area contributed by atoms with Gasteiger partial charge in [-0.2, -0.15) is 0 Å². The van der Waals surface area contributed by atoms with Gasteiger partial charge in [-0.15, -0.1) is 0 Å². The van der Waals surface area contributed by atoms with Crippen molar-refractivity contribution in [2.75, 3.05) is 10.8 Å². The molecule has 0 saturated carbocycles. The minimum absolute atomic E-state index is 0.0283. The first kappa shape index (κ1) is 19.4. The molecule has 0 spiro atoms. The first-order valence-electron chi connectivity index (χ1n) is 9.80. The predicted molar refractivity (Wildman–Crippen MR) is 125 cm³/mol. The highest BCUT2D eigenvalue weighted by Crippen LogP contribution is 2.47. The highest BCUT2D eigenvalue weighted by Gasteiger charge is 2.41. The molecule has 0 fully saturated rings. The summed E-state index contributed by atoms with van der Waals surface area (Å²) in [5, 5.41) is 1.10. The van der Waals surface area contributed by atoms with Gasteiger partial charge in [-0.3, -0.25) is 4.31 Å². The summed E-state index contributed by atoms with van der Waals surface area (Å²) in [6.07, 6.45) is 0. The standard InChI is InChI=1S/C24H21BrN2O2S/c1-16-7-13-19(14-8-16)30(28,29)27-15-21(17-9-11-18(25)12-10-17)23-20-5-3-4-6-22(20)26(2)24(23)27/h3-14,21H,15H2,1-2H3. The zero-order valence-corrected chi connectivity index (χ0v) is 19.1. The van der Waals surface area contributed by atoms with E-state index in [4.69, 9.17) is 0 Å². The number of benzene rings is 3. The van der Waals surface area contributed by atoms with Crippen LogP contribution < -0.4 is 4.31 Å².